The lowest BCUT2D eigenvalue weighted by Gasteiger charge is -2.21. The Bertz CT molecular complexity index is 940. The van der Waals surface area contributed by atoms with Crippen LogP contribution < -0.4 is 14.8 Å². The van der Waals surface area contributed by atoms with Crippen LogP contribution in [-0.4, -0.2) is 44.9 Å². The van der Waals surface area contributed by atoms with Crippen LogP contribution in [-0.2, 0) is 14.8 Å². The molecule has 0 aliphatic rings. The van der Waals surface area contributed by atoms with Crippen molar-refractivity contribution in [2.75, 3.05) is 31.6 Å². The van der Waals surface area contributed by atoms with E-state index in [4.69, 9.17) is 9.47 Å². The van der Waals surface area contributed by atoms with Gasteiger partial charge in [-0.2, -0.15) is 4.31 Å². The fourth-order valence-electron chi connectivity index (χ4n) is 2.82. The van der Waals surface area contributed by atoms with Gasteiger partial charge in [0.25, 0.3) is 5.91 Å². The van der Waals surface area contributed by atoms with Gasteiger partial charge in [0, 0.05) is 18.8 Å². The van der Waals surface area contributed by atoms with Gasteiger partial charge >= 0.3 is 0 Å². The highest BCUT2D eigenvalue weighted by atomic mass is 32.2. The molecule has 0 aliphatic carbocycles. The number of aryl methyl sites for hydroxylation is 1. The third-order valence-corrected chi connectivity index (χ3v) is 6.37. The van der Waals surface area contributed by atoms with Gasteiger partial charge in [0.1, 0.15) is 16.4 Å². The summed E-state index contributed by atoms with van der Waals surface area (Å²) in [5.41, 5.74) is 1.28. The van der Waals surface area contributed by atoms with Crippen LogP contribution in [0.5, 0.6) is 11.5 Å². The number of carbonyl (C=O) groups is 1. The average Bonchev–Trinajstić information content (AvgIpc) is 2.69. The van der Waals surface area contributed by atoms with Crippen molar-refractivity contribution < 1.29 is 22.7 Å². The van der Waals surface area contributed by atoms with Crippen LogP contribution in [0.1, 0.15) is 26.3 Å². The molecule has 158 valence electrons. The van der Waals surface area contributed by atoms with Crippen LogP contribution in [0.3, 0.4) is 0 Å². The molecule has 0 fully saturated rings. The number of nitrogens with one attached hydrogen (secondary N) is 1. The quantitative estimate of drug-likeness (QED) is 0.636. The number of ether oxygens (including phenoxy) is 2. The summed E-state index contributed by atoms with van der Waals surface area (Å²) in [5, 5.41) is 2.69. The molecule has 0 radical (unpaired) electrons. The first kappa shape index (κ1) is 22.7. The van der Waals surface area contributed by atoms with Crippen LogP contribution in [0.25, 0.3) is 0 Å². The second-order valence-corrected chi connectivity index (χ2v) is 8.19. The molecule has 0 aromatic heterocycles. The minimum absolute atomic E-state index is 0.0284. The monoisotopic (exact) mass is 420 g/mol. The molecule has 2 rings (SSSR count). The van der Waals surface area contributed by atoms with E-state index in [1.54, 1.807) is 39.0 Å². The Balaban J connectivity index is 2.21. The van der Waals surface area contributed by atoms with Crippen LogP contribution >= 0.6 is 0 Å². The predicted molar refractivity (Wildman–Crippen MR) is 113 cm³/mol. The summed E-state index contributed by atoms with van der Waals surface area (Å²) in [7, 11) is -3.75. The number of hydrogen-bond acceptors (Lipinski definition) is 5. The second kappa shape index (κ2) is 10.3. The SMILES string of the molecule is CCOc1ccc(NC(=O)COc2ccccc2C)cc1S(=O)(=O)N(CC)CC. The standard InChI is InChI=1S/C21H28N2O5S/c1-5-23(6-2)29(25,26)20-14-17(12-13-19(20)27-7-3)22-21(24)15-28-18-11-9-8-10-16(18)4/h8-14H,5-7,15H2,1-4H3,(H,22,24). The Kier molecular flexibility index (Phi) is 8.04. The van der Waals surface area contributed by atoms with E-state index in [1.807, 2.05) is 25.1 Å². The Labute approximate surface area is 172 Å². The summed E-state index contributed by atoms with van der Waals surface area (Å²) in [4.78, 5) is 12.3. The molecule has 0 spiro atoms. The summed E-state index contributed by atoms with van der Waals surface area (Å²) in [5.74, 6) is 0.497. The van der Waals surface area contributed by atoms with Crippen molar-refractivity contribution in [1.29, 1.82) is 0 Å². The molecule has 2 aromatic carbocycles. The van der Waals surface area contributed by atoms with Crippen molar-refractivity contribution in [3.8, 4) is 11.5 Å². The highest BCUT2D eigenvalue weighted by Gasteiger charge is 2.26. The molecule has 0 atom stereocenters. The first-order chi connectivity index (χ1) is 13.8. The molecule has 29 heavy (non-hydrogen) atoms. The molecule has 0 unspecified atom stereocenters. The summed E-state index contributed by atoms with van der Waals surface area (Å²) in [6, 6.07) is 12.0. The van der Waals surface area contributed by atoms with Crippen molar-refractivity contribution in [2.45, 2.75) is 32.6 Å². The molecule has 7 nitrogen and oxygen atoms in total. The van der Waals surface area contributed by atoms with Crippen LogP contribution in [0.4, 0.5) is 5.69 Å². The second-order valence-electron chi connectivity index (χ2n) is 6.29. The predicted octanol–water partition coefficient (Wildman–Crippen LogP) is 3.44. The number of carbonyl (C=O) groups excluding carboxylic acids is 1. The zero-order chi connectivity index (χ0) is 21.4. The molecule has 0 heterocycles. The molecule has 0 saturated heterocycles. The number of para-hydroxylation sites is 1. The van der Waals surface area contributed by atoms with Gasteiger partial charge in [0.2, 0.25) is 10.0 Å². The van der Waals surface area contributed by atoms with Gasteiger partial charge in [-0.3, -0.25) is 4.79 Å². The topological polar surface area (TPSA) is 84.9 Å². The lowest BCUT2D eigenvalue weighted by molar-refractivity contribution is -0.118. The first-order valence-corrected chi connectivity index (χ1v) is 11.0. The average molecular weight is 421 g/mol. The molecule has 8 heteroatoms. The molecule has 2 aromatic rings. The maximum absolute atomic E-state index is 13.0. The Morgan fingerprint density at radius 1 is 1.00 bits per heavy atom. The van der Waals surface area contributed by atoms with Crippen molar-refractivity contribution in [3.63, 3.8) is 0 Å². The van der Waals surface area contributed by atoms with Gasteiger partial charge in [0.15, 0.2) is 6.61 Å². The fourth-order valence-corrected chi connectivity index (χ4v) is 4.44. The Hall–Kier alpha value is -2.58. The van der Waals surface area contributed by atoms with E-state index in [-0.39, 0.29) is 23.2 Å². The van der Waals surface area contributed by atoms with Crippen molar-refractivity contribution >= 4 is 21.6 Å². The summed E-state index contributed by atoms with van der Waals surface area (Å²) < 4.78 is 38.4. The van der Waals surface area contributed by atoms with Gasteiger partial charge in [-0.25, -0.2) is 8.42 Å². The van der Waals surface area contributed by atoms with Gasteiger partial charge in [-0.15, -0.1) is 0 Å². The van der Waals surface area contributed by atoms with E-state index in [1.165, 1.54) is 10.4 Å². The normalized spacial score (nSPS) is 11.3. The van der Waals surface area contributed by atoms with E-state index in [2.05, 4.69) is 5.32 Å². The lowest BCUT2D eigenvalue weighted by Crippen LogP contribution is -2.31. The fraction of sp³-hybridized carbons (Fsp3) is 0.381. The number of amides is 1. The van der Waals surface area contributed by atoms with Crippen LogP contribution in [0.15, 0.2) is 47.4 Å². The summed E-state index contributed by atoms with van der Waals surface area (Å²) in [6.07, 6.45) is 0. The van der Waals surface area contributed by atoms with Crippen LogP contribution in [0, 0.1) is 6.92 Å². The van der Waals surface area contributed by atoms with E-state index in [9.17, 15) is 13.2 Å². The minimum Gasteiger partial charge on any atom is -0.492 e. The lowest BCUT2D eigenvalue weighted by atomic mass is 10.2. The van der Waals surface area contributed by atoms with Crippen molar-refractivity contribution in [2.24, 2.45) is 0 Å². The van der Waals surface area contributed by atoms with Crippen molar-refractivity contribution in [3.05, 3.63) is 48.0 Å². The molecular weight excluding hydrogens is 392 g/mol. The maximum atomic E-state index is 13.0. The van der Waals surface area contributed by atoms with Crippen LogP contribution in [0.2, 0.25) is 0 Å². The third-order valence-electron chi connectivity index (χ3n) is 4.30. The third kappa shape index (κ3) is 5.71. The Morgan fingerprint density at radius 2 is 1.69 bits per heavy atom. The molecule has 1 N–H and O–H groups in total. The molecule has 1 amide bonds. The summed E-state index contributed by atoms with van der Waals surface area (Å²) in [6.45, 7) is 8.05. The zero-order valence-corrected chi connectivity index (χ0v) is 18.1. The first-order valence-electron chi connectivity index (χ1n) is 9.58. The van der Waals surface area contributed by atoms with Gasteiger partial charge in [-0.05, 0) is 43.7 Å². The van der Waals surface area contributed by atoms with E-state index < -0.39 is 10.0 Å². The molecule has 0 aliphatic heterocycles. The number of anilines is 1. The molecular formula is C21H28N2O5S. The van der Waals surface area contributed by atoms with Gasteiger partial charge < -0.3 is 14.8 Å². The Morgan fingerprint density at radius 3 is 2.31 bits per heavy atom. The maximum Gasteiger partial charge on any atom is 0.262 e. The van der Waals surface area contributed by atoms with E-state index in [0.29, 0.717) is 31.1 Å². The van der Waals surface area contributed by atoms with E-state index in [0.717, 1.165) is 5.56 Å². The smallest absolute Gasteiger partial charge is 0.262 e. The number of sulfonamides is 1. The number of rotatable bonds is 10. The van der Waals surface area contributed by atoms with Gasteiger partial charge in [-0.1, -0.05) is 32.0 Å². The number of hydrogen-bond donors (Lipinski definition) is 1. The number of nitrogens with zero attached hydrogens (tertiary/aromatic N) is 1. The van der Waals surface area contributed by atoms with E-state index >= 15 is 0 Å². The zero-order valence-electron chi connectivity index (χ0n) is 17.3. The van der Waals surface area contributed by atoms with Gasteiger partial charge in [0.05, 0.1) is 6.61 Å². The number of benzene rings is 2. The summed E-state index contributed by atoms with van der Waals surface area (Å²) >= 11 is 0. The molecule has 0 saturated carbocycles. The molecule has 0 bridgehead atoms. The van der Waals surface area contributed by atoms with Crippen molar-refractivity contribution in [1.82, 2.24) is 4.31 Å². The largest absolute Gasteiger partial charge is 0.492 e. The highest BCUT2D eigenvalue weighted by Crippen LogP contribution is 2.30. The minimum atomic E-state index is -3.75. The highest BCUT2D eigenvalue weighted by molar-refractivity contribution is 7.89.